The lowest BCUT2D eigenvalue weighted by molar-refractivity contribution is 0.370. The first-order valence-corrected chi connectivity index (χ1v) is 7.41. The van der Waals surface area contributed by atoms with E-state index in [2.05, 4.69) is 0 Å². The van der Waals surface area contributed by atoms with Crippen LogP contribution >= 0.6 is 0 Å². The van der Waals surface area contributed by atoms with E-state index in [0.29, 0.717) is 18.5 Å². The Morgan fingerprint density at radius 2 is 1.67 bits per heavy atom. The Bertz CT molecular complexity index is 438. The quantitative estimate of drug-likeness (QED) is 0.840. The molecule has 3 nitrogen and oxygen atoms in total. The molecule has 1 aromatic carbocycles. The predicted molar refractivity (Wildman–Crippen MR) is 84.7 cm³/mol. The molecule has 0 aliphatic carbocycles. The highest BCUT2D eigenvalue weighted by Gasteiger charge is 2.22. The van der Waals surface area contributed by atoms with Crippen molar-refractivity contribution in [2.24, 2.45) is 5.73 Å². The second kappa shape index (κ2) is 7.71. The number of halogens is 2. The second-order valence-corrected chi connectivity index (χ2v) is 5.99. The third-order valence-corrected chi connectivity index (χ3v) is 3.42. The number of hydrogen-bond acceptors (Lipinski definition) is 3. The van der Waals surface area contributed by atoms with Crippen LogP contribution in [0, 0.1) is 11.6 Å². The van der Waals surface area contributed by atoms with Gasteiger partial charge >= 0.3 is 0 Å². The van der Waals surface area contributed by atoms with Crippen molar-refractivity contribution in [1.82, 2.24) is 4.90 Å². The Kier molecular flexibility index (Phi) is 6.55. The molecule has 1 rings (SSSR count). The molecule has 0 radical (unpaired) electrons. The molecule has 2 N–H and O–H groups in total. The Morgan fingerprint density at radius 3 is 2.05 bits per heavy atom. The summed E-state index contributed by atoms with van der Waals surface area (Å²) in [5.41, 5.74) is 6.34. The van der Waals surface area contributed by atoms with Crippen LogP contribution in [0.3, 0.4) is 0 Å². The first kappa shape index (κ1) is 17.9. The van der Waals surface area contributed by atoms with Gasteiger partial charge in [-0.15, -0.1) is 0 Å². The fourth-order valence-electron chi connectivity index (χ4n) is 2.70. The SMILES string of the molecule is CCN(c1c(F)cc(CC(C)N)cc1F)C(C)CN(C)C. The fourth-order valence-corrected chi connectivity index (χ4v) is 2.70. The van der Waals surface area contributed by atoms with Gasteiger partial charge in [0.25, 0.3) is 0 Å². The molecule has 0 saturated carbocycles. The molecule has 2 atom stereocenters. The van der Waals surface area contributed by atoms with Gasteiger partial charge < -0.3 is 15.5 Å². The molecule has 1 aromatic rings. The van der Waals surface area contributed by atoms with Gasteiger partial charge in [0.15, 0.2) is 0 Å². The van der Waals surface area contributed by atoms with Crippen LogP contribution in [0.25, 0.3) is 0 Å². The molecular weight excluding hydrogens is 272 g/mol. The van der Waals surface area contributed by atoms with E-state index in [4.69, 9.17) is 5.73 Å². The lowest BCUT2D eigenvalue weighted by Gasteiger charge is -2.32. The van der Waals surface area contributed by atoms with Crippen LogP contribution in [0.2, 0.25) is 0 Å². The van der Waals surface area contributed by atoms with Crippen molar-refractivity contribution in [1.29, 1.82) is 0 Å². The van der Waals surface area contributed by atoms with Crippen molar-refractivity contribution in [2.45, 2.75) is 39.3 Å². The normalized spacial score (nSPS) is 14.3. The first-order valence-electron chi connectivity index (χ1n) is 7.41. The fraction of sp³-hybridized carbons (Fsp3) is 0.625. The molecule has 120 valence electrons. The summed E-state index contributed by atoms with van der Waals surface area (Å²) < 4.78 is 28.7. The third kappa shape index (κ3) is 4.93. The molecule has 21 heavy (non-hydrogen) atoms. The molecule has 0 heterocycles. The zero-order chi connectivity index (χ0) is 16.2. The second-order valence-electron chi connectivity index (χ2n) is 5.99. The van der Waals surface area contributed by atoms with Gasteiger partial charge in [-0.25, -0.2) is 8.78 Å². The number of nitrogens with two attached hydrogens (primary N) is 1. The summed E-state index contributed by atoms with van der Waals surface area (Å²) in [4.78, 5) is 3.77. The minimum absolute atomic E-state index is 0.0216. The maximum atomic E-state index is 14.4. The van der Waals surface area contributed by atoms with Gasteiger partial charge in [0.05, 0.1) is 0 Å². The summed E-state index contributed by atoms with van der Waals surface area (Å²) in [5.74, 6) is -1.03. The zero-order valence-electron chi connectivity index (χ0n) is 13.7. The molecular formula is C16H27F2N3. The van der Waals surface area contributed by atoms with Gasteiger partial charge in [-0.3, -0.25) is 0 Å². The van der Waals surface area contributed by atoms with E-state index in [1.54, 1.807) is 4.90 Å². The summed E-state index contributed by atoms with van der Waals surface area (Å²) in [5, 5.41) is 0. The Hall–Kier alpha value is -1.20. The molecule has 0 aliphatic heterocycles. The molecule has 0 amide bonds. The zero-order valence-corrected chi connectivity index (χ0v) is 13.7. The van der Waals surface area contributed by atoms with Crippen molar-refractivity contribution in [3.63, 3.8) is 0 Å². The predicted octanol–water partition coefficient (Wildman–Crippen LogP) is 2.63. The number of hydrogen-bond donors (Lipinski definition) is 1. The number of nitrogens with zero attached hydrogens (tertiary/aromatic N) is 2. The Morgan fingerprint density at radius 1 is 1.14 bits per heavy atom. The van der Waals surface area contributed by atoms with Gasteiger partial charge in [0, 0.05) is 25.2 Å². The van der Waals surface area contributed by atoms with Crippen molar-refractivity contribution >= 4 is 5.69 Å². The van der Waals surface area contributed by atoms with E-state index in [9.17, 15) is 8.78 Å². The summed E-state index contributed by atoms with van der Waals surface area (Å²) in [7, 11) is 3.89. The molecule has 0 fully saturated rings. The maximum absolute atomic E-state index is 14.4. The molecule has 0 bridgehead atoms. The monoisotopic (exact) mass is 299 g/mol. The molecule has 0 aromatic heterocycles. The number of benzene rings is 1. The van der Waals surface area contributed by atoms with Crippen LogP contribution in [0.5, 0.6) is 0 Å². The average molecular weight is 299 g/mol. The van der Waals surface area contributed by atoms with Crippen molar-refractivity contribution in [3.05, 3.63) is 29.3 Å². The maximum Gasteiger partial charge on any atom is 0.149 e. The minimum atomic E-state index is -0.516. The molecule has 0 aliphatic rings. The van der Waals surface area contributed by atoms with Crippen molar-refractivity contribution in [2.75, 3.05) is 32.1 Å². The lowest BCUT2D eigenvalue weighted by atomic mass is 10.1. The van der Waals surface area contributed by atoms with Gasteiger partial charge in [-0.1, -0.05) is 0 Å². The molecule has 0 saturated heterocycles. The minimum Gasteiger partial charge on any atom is -0.363 e. The van der Waals surface area contributed by atoms with E-state index in [1.165, 1.54) is 12.1 Å². The molecule has 0 spiro atoms. The van der Waals surface area contributed by atoms with Gasteiger partial charge in [0.1, 0.15) is 17.3 Å². The highest BCUT2D eigenvalue weighted by molar-refractivity contribution is 5.51. The summed E-state index contributed by atoms with van der Waals surface area (Å²) >= 11 is 0. The summed E-state index contributed by atoms with van der Waals surface area (Å²) in [6, 6.07) is 2.69. The summed E-state index contributed by atoms with van der Waals surface area (Å²) in [6.45, 7) is 6.98. The first-order chi connectivity index (χ1) is 9.76. The topological polar surface area (TPSA) is 32.5 Å². The number of rotatable bonds is 7. The van der Waals surface area contributed by atoms with Crippen molar-refractivity contribution in [3.8, 4) is 0 Å². The lowest BCUT2D eigenvalue weighted by Crippen LogP contribution is -2.41. The van der Waals surface area contributed by atoms with Crippen molar-refractivity contribution < 1.29 is 8.78 Å². The third-order valence-electron chi connectivity index (χ3n) is 3.42. The molecule has 5 heteroatoms. The van der Waals surface area contributed by atoms with E-state index < -0.39 is 11.6 Å². The largest absolute Gasteiger partial charge is 0.363 e. The van der Waals surface area contributed by atoms with E-state index in [-0.39, 0.29) is 17.8 Å². The van der Waals surface area contributed by atoms with Gasteiger partial charge in [-0.2, -0.15) is 0 Å². The van der Waals surface area contributed by atoms with E-state index in [0.717, 1.165) is 6.54 Å². The molecule has 2 unspecified atom stereocenters. The van der Waals surface area contributed by atoms with Gasteiger partial charge in [-0.05, 0) is 59.0 Å². The van der Waals surface area contributed by atoms with Crippen LogP contribution in [-0.4, -0.2) is 44.2 Å². The number of likely N-dealkylation sites (N-methyl/N-ethyl adjacent to an activating group) is 2. The Labute approximate surface area is 126 Å². The average Bonchev–Trinajstić information content (AvgIpc) is 2.31. The van der Waals surface area contributed by atoms with Crippen LogP contribution in [0.4, 0.5) is 14.5 Å². The van der Waals surface area contributed by atoms with Gasteiger partial charge in [0.2, 0.25) is 0 Å². The van der Waals surface area contributed by atoms with Crippen LogP contribution in [0.15, 0.2) is 12.1 Å². The highest BCUT2D eigenvalue weighted by atomic mass is 19.1. The smallest absolute Gasteiger partial charge is 0.149 e. The van der Waals surface area contributed by atoms with E-state index in [1.807, 2.05) is 39.8 Å². The Balaban J connectivity index is 3.10. The standard InChI is InChI=1S/C16H27F2N3/c1-6-21(12(3)10-20(4)5)16-14(17)8-13(7-11(2)19)9-15(16)18/h8-9,11-12H,6-7,10,19H2,1-5H3. The van der Waals surface area contributed by atoms with Crippen LogP contribution < -0.4 is 10.6 Å². The number of anilines is 1. The van der Waals surface area contributed by atoms with Crippen LogP contribution in [0.1, 0.15) is 26.3 Å². The van der Waals surface area contributed by atoms with E-state index >= 15 is 0 Å². The highest BCUT2D eigenvalue weighted by Crippen LogP contribution is 2.27. The summed E-state index contributed by atoms with van der Waals surface area (Å²) in [6.07, 6.45) is 0.466. The van der Waals surface area contributed by atoms with Crippen LogP contribution in [-0.2, 0) is 6.42 Å².